The number of nitrogen functional groups attached to an aromatic ring is 1. The molecular weight excluding hydrogens is 514 g/mol. The molecule has 3 aromatic rings. The molecule has 0 saturated heterocycles. The molecule has 0 spiro atoms. The van der Waals surface area contributed by atoms with E-state index in [2.05, 4.69) is 26.8 Å². The van der Waals surface area contributed by atoms with Crippen molar-refractivity contribution in [2.24, 2.45) is 11.8 Å². The van der Waals surface area contributed by atoms with Gasteiger partial charge in [-0.1, -0.05) is 31.9 Å². The minimum absolute atomic E-state index is 0.225. The first kappa shape index (κ1) is 27.2. The summed E-state index contributed by atoms with van der Waals surface area (Å²) in [6.07, 6.45) is 13.2. The number of hydrogen-bond donors (Lipinski definition) is 1. The fourth-order valence-corrected chi connectivity index (χ4v) is 8.86. The Morgan fingerprint density at radius 3 is 2.55 bits per heavy atom. The van der Waals surface area contributed by atoms with E-state index in [0.717, 1.165) is 63.6 Å². The number of aromatic nitrogens is 3. The van der Waals surface area contributed by atoms with Gasteiger partial charge in [0.25, 0.3) is 0 Å². The predicted octanol–water partition coefficient (Wildman–Crippen LogP) is 5.42. The van der Waals surface area contributed by atoms with Crippen molar-refractivity contribution in [2.75, 3.05) is 24.6 Å². The van der Waals surface area contributed by atoms with E-state index in [1.54, 1.807) is 48.0 Å². The molecule has 0 radical (unpaired) electrons. The Balaban J connectivity index is 1.12. The van der Waals surface area contributed by atoms with Crippen molar-refractivity contribution < 1.29 is 8.42 Å². The number of aryl methyl sites for hydroxylation is 1. The van der Waals surface area contributed by atoms with Crippen LogP contribution in [-0.4, -0.2) is 53.2 Å². The Labute approximate surface area is 230 Å². The Bertz CT molecular complexity index is 1300. The van der Waals surface area contributed by atoms with Gasteiger partial charge in [-0.05, 0) is 88.1 Å². The SMILES string of the molecule is CCCN(CCC1CCC(CS(=O)(=O)c2cccc(-c3ncccn3)c2)CC1)[C@H]1CCc2nc(N)sc2C1. The number of nitrogens with zero attached hydrogens (tertiary/aromatic N) is 4. The molecule has 7 nitrogen and oxygen atoms in total. The maximum absolute atomic E-state index is 13.3. The maximum atomic E-state index is 13.3. The Kier molecular flexibility index (Phi) is 8.75. The van der Waals surface area contributed by atoms with Crippen molar-refractivity contribution in [1.29, 1.82) is 0 Å². The zero-order valence-electron chi connectivity index (χ0n) is 22.3. The summed E-state index contributed by atoms with van der Waals surface area (Å²) in [6.45, 7) is 4.53. The summed E-state index contributed by atoms with van der Waals surface area (Å²) in [4.78, 5) is 17.5. The van der Waals surface area contributed by atoms with Gasteiger partial charge in [-0.25, -0.2) is 23.4 Å². The number of rotatable bonds is 10. The highest BCUT2D eigenvalue weighted by molar-refractivity contribution is 7.91. The van der Waals surface area contributed by atoms with Crippen LogP contribution in [0.15, 0.2) is 47.6 Å². The van der Waals surface area contributed by atoms with Crippen LogP contribution < -0.4 is 5.73 Å². The summed E-state index contributed by atoms with van der Waals surface area (Å²) in [5, 5.41) is 0.703. The van der Waals surface area contributed by atoms with Crippen LogP contribution in [0.4, 0.5) is 5.13 Å². The van der Waals surface area contributed by atoms with Crippen LogP contribution in [0.1, 0.15) is 62.4 Å². The van der Waals surface area contributed by atoms with Crippen molar-refractivity contribution in [3.8, 4) is 11.4 Å². The molecule has 9 heteroatoms. The van der Waals surface area contributed by atoms with Gasteiger partial charge in [0.05, 0.1) is 16.3 Å². The fourth-order valence-electron chi connectivity index (χ4n) is 6.17. The van der Waals surface area contributed by atoms with Gasteiger partial charge >= 0.3 is 0 Å². The molecule has 2 heterocycles. The lowest BCUT2D eigenvalue weighted by atomic mass is 9.81. The predicted molar refractivity (Wildman–Crippen MR) is 154 cm³/mol. The first-order chi connectivity index (χ1) is 18.4. The molecule has 2 N–H and O–H groups in total. The summed E-state index contributed by atoms with van der Waals surface area (Å²) < 4.78 is 26.5. The van der Waals surface area contributed by atoms with E-state index in [9.17, 15) is 8.42 Å². The monoisotopic (exact) mass is 553 g/mol. The van der Waals surface area contributed by atoms with E-state index in [-0.39, 0.29) is 11.7 Å². The lowest BCUT2D eigenvalue weighted by Gasteiger charge is -2.36. The standard InChI is InChI=1S/C29H39N5O2S2/c1-2-16-34(24-11-12-26-27(19-24)37-29(30)33-26)17-13-21-7-9-22(10-8-21)20-38(35,36)25-6-3-5-23(18-25)28-31-14-4-15-32-28/h3-6,14-15,18,21-22,24H,2,7-13,16-17,19-20H2,1H3,(H2,30,33)/t21?,22?,24-/m0/s1. The normalized spacial score (nSPS) is 21.9. The maximum Gasteiger partial charge on any atom is 0.180 e. The van der Waals surface area contributed by atoms with Crippen LogP contribution in [0.25, 0.3) is 11.4 Å². The van der Waals surface area contributed by atoms with Crippen molar-refractivity contribution in [2.45, 2.75) is 75.6 Å². The fraction of sp³-hybridized carbons (Fsp3) is 0.552. The van der Waals surface area contributed by atoms with Crippen molar-refractivity contribution in [3.05, 3.63) is 53.3 Å². The number of fused-ring (bicyclic) bond motifs is 1. The van der Waals surface area contributed by atoms with Crippen LogP contribution >= 0.6 is 11.3 Å². The third-order valence-electron chi connectivity index (χ3n) is 8.22. The topological polar surface area (TPSA) is 102 Å². The van der Waals surface area contributed by atoms with Gasteiger partial charge in [-0.15, -0.1) is 11.3 Å². The highest BCUT2D eigenvalue weighted by Gasteiger charge is 2.29. The van der Waals surface area contributed by atoms with Crippen LogP contribution in [0.5, 0.6) is 0 Å². The van der Waals surface area contributed by atoms with Gasteiger partial charge in [0, 0.05) is 28.9 Å². The van der Waals surface area contributed by atoms with Gasteiger partial charge in [-0.2, -0.15) is 0 Å². The van der Waals surface area contributed by atoms with Crippen LogP contribution in [0.3, 0.4) is 0 Å². The van der Waals surface area contributed by atoms with Gasteiger partial charge < -0.3 is 10.6 Å². The lowest BCUT2D eigenvalue weighted by Crippen LogP contribution is -2.41. The molecule has 2 aromatic heterocycles. The minimum atomic E-state index is -3.35. The van der Waals surface area contributed by atoms with E-state index >= 15 is 0 Å². The third-order valence-corrected chi connectivity index (χ3v) is 11.1. The molecule has 2 aliphatic carbocycles. The number of anilines is 1. The Morgan fingerprint density at radius 1 is 1.03 bits per heavy atom. The van der Waals surface area contributed by atoms with Crippen molar-refractivity contribution in [1.82, 2.24) is 19.9 Å². The van der Waals surface area contributed by atoms with Crippen LogP contribution in [0.2, 0.25) is 0 Å². The van der Waals surface area contributed by atoms with E-state index < -0.39 is 9.84 Å². The van der Waals surface area contributed by atoms with E-state index in [0.29, 0.717) is 27.8 Å². The van der Waals surface area contributed by atoms with Crippen molar-refractivity contribution >= 4 is 26.3 Å². The van der Waals surface area contributed by atoms with E-state index in [1.807, 2.05) is 6.07 Å². The number of hydrogen-bond acceptors (Lipinski definition) is 8. The lowest BCUT2D eigenvalue weighted by molar-refractivity contribution is 0.156. The minimum Gasteiger partial charge on any atom is -0.375 e. The average Bonchev–Trinajstić information content (AvgIpc) is 3.31. The molecule has 1 fully saturated rings. The summed E-state index contributed by atoms with van der Waals surface area (Å²) in [5.74, 6) is 1.69. The Hall–Kier alpha value is -2.36. The Morgan fingerprint density at radius 2 is 1.79 bits per heavy atom. The number of nitrogens with two attached hydrogens (primary N) is 1. The summed E-state index contributed by atoms with van der Waals surface area (Å²) in [6, 6.07) is 9.40. The molecule has 1 atom stereocenters. The highest BCUT2D eigenvalue weighted by Crippen LogP contribution is 2.35. The van der Waals surface area contributed by atoms with Gasteiger partial charge in [0.1, 0.15) is 0 Å². The molecule has 5 rings (SSSR count). The number of thiazole rings is 1. The molecule has 0 bridgehead atoms. The van der Waals surface area contributed by atoms with Gasteiger partial charge in [0.15, 0.2) is 20.8 Å². The van der Waals surface area contributed by atoms with Crippen molar-refractivity contribution in [3.63, 3.8) is 0 Å². The van der Waals surface area contributed by atoms with Gasteiger partial charge in [-0.3, -0.25) is 0 Å². The smallest absolute Gasteiger partial charge is 0.180 e. The summed E-state index contributed by atoms with van der Waals surface area (Å²) in [7, 11) is -3.35. The third kappa shape index (κ3) is 6.61. The molecule has 0 amide bonds. The molecule has 38 heavy (non-hydrogen) atoms. The zero-order valence-corrected chi connectivity index (χ0v) is 23.9. The zero-order chi connectivity index (χ0) is 26.5. The second kappa shape index (κ2) is 12.2. The molecule has 1 saturated carbocycles. The van der Waals surface area contributed by atoms with E-state index in [1.165, 1.54) is 23.4 Å². The molecule has 1 aromatic carbocycles. The molecule has 0 unspecified atom stereocenters. The first-order valence-corrected chi connectivity index (χ1v) is 16.5. The second-order valence-electron chi connectivity index (χ2n) is 10.9. The quantitative estimate of drug-likeness (QED) is 0.358. The van der Waals surface area contributed by atoms with Gasteiger partial charge in [0.2, 0.25) is 0 Å². The largest absolute Gasteiger partial charge is 0.375 e. The molecular formula is C29H39N5O2S2. The molecule has 204 valence electrons. The van der Waals surface area contributed by atoms with E-state index in [4.69, 9.17) is 5.73 Å². The second-order valence-corrected chi connectivity index (χ2v) is 14.1. The molecule has 0 aliphatic heterocycles. The number of benzene rings is 1. The first-order valence-electron chi connectivity index (χ1n) is 14.0. The number of sulfone groups is 1. The van der Waals surface area contributed by atoms with Crippen LogP contribution in [0, 0.1) is 11.8 Å². The molecule has 2 aliphatic rings. The summed E-state index contributed by atoms with van der Waals surface area (Å²) >= 11 is 1.66. The highest BCUT2D eigenvalue weighted by atomic mass is 32.2. The van der Waals surface area contributed by atoms with Crippen LogP contribution in [-0.2, 0) is 22.7 Å². The average molecular weight is 554 g/mol. The summed E-state index contributed by atoms with van der Waals surface area (Å²) in [5.41, 5.74) is 7.91.